The Morgan fingerprint density at radius 2 is 1.84 bits per heavy atom. The number of nitrogens with one attached hydrogen (secondary N) is 1. The second-order valence-electron chi connectivity index (χ2n) is 6.59. The molecule has 2 amide bonds. The first-order valence-corrected chi connectivity index (χ1v) is 10.5. The van der Waals surface area contributed by atoms with Crippen LogP contribution in [0.2, 0.25) is 0 Å². The molecular weight excluding hydrogens is 342 g/mol. The third-order valence-corrected chi connectivity index (χ3v) is 6.08. The highest BCUT2D eigenvalue weighted by molar-refractivity contribution is 7.88. The van der Waals surface area contributed by atoms with Crippen molar-refractivity contribution in [1.82, 2.24) is 14.5 Å². The molecule has 1 aromatic carbocycles. The van der Waals surface area contributed by atoms with E-state index >= 15 is 0 Å². The Morgan fingerprint density at radius 1 is 1.16 bits per heavy atom. The lowest BCUT2D eigenvalue weighted by molar-refractivity contribution is 0.00129. The van der Waals surface area contributed by atoms with Crippen molar-refractivity contribution in [3.05, 3.63) is 35.9 Å². The number of hydrogen-bond acceptors (Lipinski definition) is 4. The van der Waals surface area contributed by atoms with Crippen LogP contribution in [0.5, 0.6) is 0 Å². The fraction of sp³-hybridized carbons (Fsp3) is 0.588. The normalized spacial score (nSPS) is 25.6. The van der Waals surface area contributed by atoms with Gasteiger partial charge in [0.1, 0.15) is 0 Å². The van der Waals surface area contributed by atoms with Gasteiger partial charge in [-0.2, -0.15) is 4.31 Å². The van der Waals surface area contributed by atoms with E-state index in [9.17, 15) is 13.2 Å². The van der Waals surface area contributed by atoms with Crippen molar-refractivity contribution in [2.45, 2.75) is 25.0 Å². The van der Waals surface area contributed by atoms with Crippen molar-refractivity contribution < 1.29 is 17.9 Å². The van der Waals surface area contributed by atoms with Gasteiger partial charge in [0.2, 0.25) is 10.0 Å². The molecule has 0 radical (unpaired) electrons. The number of nitrogens with zero attached hydrogens (tertiary/aromatic N) is 2. The molecule has 25 heavy (non-hydrogen) atoms. The van der Waals surface area contributed by atoms with E-state index in [2.05, 4.69) is 5.32 Å². The topological polar surface area (TPSA) is 79.0 Å². The van der Waals surface area contributed by atoms with E-state index in [0.717, 1.165) is 18.4 Å². The monoisotopic (exact) mass is 367 g/mol. The lowest BCUT2D eigenvalue weighted by Gasteiger charge is -2.36. The van der Waals surface area contributed by atoms with Crippen molar-refractivity contribution in [3.63, 3.8) is 0 Å². The Labute approximate surface area is 149 Å². The number of urea groups is 1. The number of carbonyl (C=O) groups is 1. The van der Waals surface area contributed by atoms with Crippen molar-refractivity contribution in [1.29, 1.82) is 0 Å². The number of piperazine rings is 1. The zero-order chi connectivity index (χ0) is 17.9. The van der Waals surface area contributed by atoms with Crippen molar-refractivity contribution in [2.75, 3.05) is 39.0 Å². The predicted octanol–water partition coefficient (Wildman–Crippen LogP) is 1.19. The van der Waals surface area contributed by atoms with Crippen LogP contribution in [0.15, 0.2) is 30.3 Å². The van der Waals surface area contributed by atoms with Gasteiger partial charge in [-0.3, -0.25) is 0 Å². The van der Waals surface area contributed by atoms with Crippen LogP contribution in [0.25, 0.3) is 0 Å². The lowest BCUT2D eigenvalue weighted by Crippen LogP contribution is -2.54. The summed E-state index contributed by atoms with van der Waals surface area (Å²) >= 11 is 0. The van der Waals surface area contributed by atoms with E-state index in [0.29, 0.717) is 32.8 Å². The summed E-state index contributed by atoms with van der Waals surface area (Å²) < 4.78 is 30.3. The first-order chi connectivity index (χ1) is 11.9. The summed E-state index contributed by atoms with van der Waals surface area (Å²) in [6, 6.07) is 9.98. The fourth-order valence-corrected chi connectivity index (χ4v) is 4.14. The molecule has 2 aliphatic rings. The third kappa shape index (κ3) is 4.71. The largest absolute Gasteiger partial charge is 0.373 e. The molecule has 2 fully saturated rings. The molecule has 1 aromatic rings. The summed E-state index contributed by atoms with van der Waals surface area (Å²) in [5, 5.41) is 3.08. The van der Waals surface area contributed by atoms with Crippen LogP contribution in [0.1, 0.15) is 24.5 Å². The number of amides is 2. The highest BCUT2D eigenvalue weighted by atomic mass is 32.2. The second kappa shape index (κ2) is 7.72. The Bertz CT molecular complexity index is 687. The van der Waals surface area contributed by atoms with Gasteiger partial charge < -0.3 is 15.0 Å². The molecule has 8 heteroatoms. The summed E-state index contributed by atoms with van der Waals surface area (Å²) in [5.74, 6) is 0. The molecule has 2 unspecified atom stereocenters. The second-order valence-corrected chi connectivity index (χ2v) is 8.57. The molecule has 3 rings (SSSR count). The van der Waals surface area contributed by atoms with E-state index in [4.69, 9.17) is 4.74 Å². The van der Waals surface area contributed by atoms with Crippen LogP contribution in [0.3, 0.4) is 0 Å². The van der Waals surface area contributed by atoms with Crippen LogP contribution in [0, 0.1) is 0 Å². The molecule has 0 bridgehead atoms. The van der Waals surface area contributed by atoms with Gasteiger partial charge in [0.25, 0.3) is 0 Å². The number of hydrogen-bond donors (Lipinski definition) is 1. The Morgan fingerprint density at radius 3 is 2.48 bits per heavy atom. The lowest BCUT2D eigenvalue weighted by atomic mass is 9.97. The van der Waals surface area contributed by atoms with Crippen molar-refractivity contribution >= 4 is 16.1 Å². The van der Waals surface area contributed by atoms with Crippen molar-refractivity contribution in [2.24, 2.45) is 0 Å². The first-order valence-electron chi connectivity index (χ1n) is 8.60. The zero-order valence-electron chi connectivity index (χ0n) is 14.4. The Hall–Kier alpha value is -1.64. The molecule has 0 spiro atoms. The molecule has 0 saturated carbocycles. The Balaban J connectivity index is 1.51. The summed E-state index contributed by atoms with van der Waals surface area (Å²) in [6.07, 6.45) is 2.74. The highest BCUT2D eigenvalue weighted by Gasteiger charge is 2.29. The van der Waals surface area contributed by atoms with Crippen LogP contribution >= 0.6 is 0 Å². The van der Waals surface area contributed by atoms with Crippen LogP contribution < -0.4 is 5.32 Å². The number of carbonyl (C=O) groups excluding carboxylic acids is 1. The van der Waals surface area contributed by atoms with Gasteiger partial charge in [-0.15, -0.1) is 0 Å². The van der Waals surface area contributed by atoms with Crippen LogP contribution in [-0.4, -0.2) is 68.7 Å². The maximum atomic E-state index is 12.5. The van der Waals surface area contributed by atoms with Gasteiger partial charge in [-0.05, 0) is 18.4 Å². The summed E-state index contributed by atoms with van der Waals surface area (Å²) in [5.41, 5.74) is 1.13. The fourth-order valence-electron chi connectivity index (χ4n) is 3.32. The molecule has 0 aliphatic carbocycles. The standard InChI is InChI=1S/C17H25N3O4S/c1-25(22,23)20-10-8-19(9-11-20)17(21)18-15-7-12-24-16(13-15)14-5-3-2-4-6-14/h2-6,15-16H,7-13H2,1H3,(H,18,21). The molecule has 1 N–H and O–H groups in total. The minimum atomic E-state index is -3.18. The zero-order valence-corrected chi connectivity index (χ0v) is 15.2. The maximum Gasteiger partial charge on any atom is 0.317 e. The van der Waals surface area contributed by atoms with E-state index in [1.165, 1.54) is 10.6 Å². The molecule has 2 atom stereocenters. The number of benzene rings is 1. The minimum absolute atomic E-state index is 0.00216. The molecule has 2 aliphatic heterocycles. The quantitative estimate of drug-likeness (QED) is 0.870. The van der Waals surface area contributed by atoms with E-state index in [-0.39, 0.29) is 18.2 Å². The Kier molecular flexibility index (Phi) is 5.61. The summed E-state index contributed by atoms with van der Waals surface area (Å²) in [4.78, 5) is 14.2. The molecular formula is C17H25N3O4S. The van der Waals surface area contributed by atoms with Gasteiger partial charge in [0.15, 0.2) is 0 Å². The summed E-state index contributed by atoms with van der Waals surface area (Å²) in [6.45, 7) is 2.17. The maximum absolute atomic E-state index is 12.5. The summed E-state index contributed by atoms with van der Waals surface area (Å²) in [7, 11) is -3.18. The molecule has 2 heterocycles. The third-order valence-electron chi connectivity index (χ3n) is 4.78. The van der Waals surface area contributed by atoms with Gasteiger partial charge in [-0.1, -0.05) is 30.3 Å². The first kappa shape index (κ1) is 18.2. The minimum Gasteiger partial charge on any atom is -0.373 e. The molecule has 2 saturated heterocycles. The van der Waals surface area contributed by atoms with Crippen LogP contribution in [0.4, 0.5) is 4.79 Å². The predicted molar refractivity (Wildman–Crippen MR) is 94.7 cm³/mol. The molecule has 138 valence electrons. The number of rotatable bonds is 3. The smallest absolute Gasteiger partial charge is 0.317 e. The van der Waals surface area contributed by atoms with E-state index in [1.54, 1.807) is 4.90 Å². The van der Waals surface area contributed by atoms with E-state index in [1.807, 2.05) is 30.3 Å². The van der Waals surface area contributed by atoms with Crippen molar-refractivity contribution in [3.8, 4) is 0 Å². The van der Waals surface area contributed by atoms with E-state index < -0.39 is 10.0 Å². The number of sulfonamides is 1. The molecule has 7 nitrogen and oxygen atoms in total. The SMILES string of the molecule is CS(=O)(=O)N1CCN(C(=O)NC2CCOC(c3ccccc3)C2)CC1. The average molecular weight is 367 g/mol. The van der Waals surface area contributed by atoms with Crippen LogP contribution in [-0.2, 0) is 14.8 Å². The van der Waals surface area contributed by atoms with Gasteiger partial charge in [0.05, 0.1) is 12.4 Å². The van der Waals surface area contributed by atoms with Gasteiger partial charge >= 0.3 is 6.03 Å². The highest BCUT2D eigenvalue weighted by Crippen LogP contribution is 2.28. The number of ether oxygens (including phenoxy) is 1. The molecule has 0 aromatic heterocycles. The van der Waals surface area contributed by atoms with Gasteiger partial charge in [-0.25, -0.2) is 13.2 Å². The average Bonchev–Trinajstić information content (AvgIpc) is 2.62. The van der Waals surface area contributed by atoms with Gasteiger partial charge in [0, 0.05) is 38.8 Å².